The second-order valence-electron chi connectivity index (χ2n) is 4.82. The van der Waals surface area contributed by atoms with Crippen molar-refractivity contribution in [1.82, 2.24) is 14.9 Å². The summed E-state index contributed by atoms with van der Waals surface area (Å²) in [6.45, 7) is 9.91. The molecule has 0 bridgehead atoms. The van der Waals surface area contributed by atoms with E-state index in [4.69, 9.17) is 0 Å². The molecule has 0 amide bonds. The van der Waals surface area contributed by atoms with Gasteiger partial charge in [0.2, 0.25) is 0 Å². The fourth-order valence-electron chi connectivity index (χ4n) is 1.58. The smallest absolute Gasteiger partial charge is 0.0948 e. The summed E-state index contributed by atoms with van der Waals surface area (Å²) in [5, 5.41) is 3.31. The van der Waals surface area contributed by atoms with E-state index in [1.807, 2.05) is 19.6 Å². The summed E-state index contributed by atoms with van der Waals surface area (Å²) >= 11 is 0. The standard InChI is InChI=1S/C12H23N3/c1-6-10(2)8-15-9-14-7-11(15)12(3,4)13-5/h7,9-10,13H,6,8H2,1-5H3. The molecule has 0 spiro atoms. The van der Waals surface area contributed by atoms with Gasteiger partial charge in [-0.3, -0.25) is 0 Å². The van der Waals surface area contributed by atoms with Crippen molar-refractivity contribution in [3.05, 3.63) is 18.2 Å². The van der Waals surface area contributed by atoms with Gasteiger partial charge in [0.25, 0.3) is 0 Å². The second-order valence-corrected chi connectivity index (χ2v) is 4.82. The lowest BCUT2D eigenvalue weighted by Crippen LogP contribution is -2.35. The maximum atomic E-state index is 4.25. The van der Waals surface area contributed by atoms with Crippen LogP contribution in [-0.2, 0) is 12.1 Å². The SMILES string of the molecule is CCC(C)Cn1cncc1C(C)(C)NC. The summed E-state index contributed by atoms with van der Waals surface area (Å²) in [7, 11) is 1.99. The molecule has 1 N–H and O–H groups in total. The van der Waals surface area contributed by atoms with E-state index in [-0.39, 0.29) is 5.54 Å². The van der Waals surface area contributed by atoms with Gasteiger partial charge < -0.3 is 9.88 Å². The number of nitrogens with one attached hydrogen (secondary N) is 1. The van der Waals surface area contributed by atoms with Crippen LogP contribution in [0, 0.1) is 5.92 Å². The van der Waals surface area contributed by atoms with Crippen LogP contribution in [0.5, 0.6) is 0 Å². The molecule has 0 aliphatic rings. The molecule has 86 valence electrons. The number of imidazole rings is 1. The molecule has 1 aromatic rings. The van der Waals surface area contributed by atoms with E-state index in [1.54, 1.807) is 0 Å². The van der Waals surface area contributed by atoms with Gasteiger partial charge in [-0.05, 0) is 26.8 Å². The summed E-state index contributed by atoms with van der Waals surface area (Å²) in [5.74, 6) is 0.700. The summed E-state index contributed by atoms with van der Waals surface area (Å²) < 4.78 is 2.25. The van der Waals surface area contributed by atoms with Gasteiger partial charge in [-0.2, -0.15) is 0 Å². The van der Waals surface area contributed by atoms with Crippen LogP contribution >= 0.6 is 0 Å². The first-order chi connectivity index (χ1) is 7.01. The van der Waals surface area contributed by atoms with E-state index in [0.29, 0.717) is 5.92 Å². The molecule has 3 heteroatoms. The number of hydrogen-bond acceptors (Lipinski definition) is 2. The Bertz CT molecular complexity index is 302. The Morgan fingerprint density at radius 2 is 2.20 bits per heavy atom. The van der Waals surface area contributed by atoms with Gasteiger partial charge in [-0.1, -0.05) is 20.3 Å². The van der Waals surface area contributed by atoms with Gasteiger partial charge in [0.05, 0.1) is 17.6 Å². The predicted molar refractivity (Wildman–Crippen MR) is 63.8 cm³/mol. The van der Waals surface area contributed by atoms with E-state index in [0.717, 1.165) is 6.54 Å². The maximum absolute atomic E-state index is 4.25. The lowest BCUT2D eigenvalue weighted by atomic mass is 10.0. The van der Waals surface area contributed by atoms with Crippen LogP contribution in [0.25, 0.3) is 0 Å². The lowest BCUT2D eigenvalue weighted by molar-refractivity contribution is 0.382. The molecule has 0 aromatic carbocycles. The Balaban J connectivity index is 2.87. The zero-order valence-electron chi connectivity index (χ0n) is 10.5. The fraction of sp³-hybridized carbons (Fsp3) is 0.750. The van der Waals surface area contributed by atoms with E-state index in [9.17, 15) is 0 Å². The number of rotatable bonds is 5. The van der Waals surface area contributed by atoms with Gasteiger partial charge in [-0.25, -0.2) is 4.98 Å². The molecule has 1 rings (SSSR count). The van der Waals surface area contributed by atoms with Crippen molar-refractivity contribution in [3.63, 3.8) is 0 Å². The third-order valence-corrected chi connectivity index (χ3v) is 3.18. The van der Waals surface area contributed by atoms with Crippen molar-refractivity contribution >= 4 is 0 Å². The van der Waals surface area contributed by atoms with Gasteiger partial charge in [0.15, 0.2) is 0 Å². The highest BCUT2D eigenvalue weighted by molar-refractivity contribution is 5.10. The molecule has 0 aliphatic heterocycles. The molecule has 3 nitrogen and oxygen atoms in total. The molecule has 0 aliphatic carbocycles. The zero-order valence-corrected chi connectivity index (χ0v) is 10.5. The normalized spacial score (nSPS) is 14.2. The highest BCUT2D eigenvalue weighted by atomic mass is 15.1. The van der Waals surface area contributed by atoms with Crippen LogP contribution in [0.4, 0.5) is 0 Å². The minimum Gasteiger partial charge on any atom is -0.333 e. The molecule has 0 saturated heterocycles. The third kappa shape index (κ3) is 2.81. The lowest BCUT2D eigenvalue weighted by Gasteiger charge is -2.26. The summed E-state index contributed by atoms with van der Waals surface area (Å²) in [6, 6.07) is 0. The molecular weight excluding hydrogens is 186 g/mol. The van der Waals surface area contributed by atoms with Gasteiger partial charge >= 0.3 is 0 Å². The Labute approximate surface area is 92.9 Å². The molecule has 15 heavy (non-hydrogen) atoms. The molecule has 1 aromatic heterocycles. The minimum atomic E-state index is -0.00996. The minimum absolute atomic E-state index is 0.00996. The summed E-state index contributed by atoms with van der Waals surface area (Å²) in [5.41, 5.74) is 1.24. The third-order valence-electron chi connectivity index (χ3n) is 3.18. The highest BCUT2D eigenvalue weighted by Crippen LogP contribution is 2.20. The number of nitrogens with zero attached hydrogens (tertiary/aromatic N) is 2. The van der Waals surface area contributed by atoms with Crippen molar-refractivity contribution in [3.8, 4) is 0 Å². The van der Waals surface area contributed by atoms with Crippen LogP contribution < -0.4 is 5.32 Å². The first-order valence-electron chi connectivity index (χ1n) is 5.70. The van der Waals surface area contributed by atoms with E-state index >= 15 is 0 Å². The largest absolute Gasteiger partial charge is 0.333 e. The summed E-state index contributed by atoms with van der Waals surface area (Å²) in [4.78, 5) is 4.25. The van der Waals surface area contributed by atoms with Crippen molar-refractivity contribution in [2.45, 2.75) is 46.2 Å². The van der Waals surface area contributed by atoms with E-state index in [2.05, 4.69) is 42.6 Å². The summed E-state index contributed by atoms with van der Waals surface area (Å²) in [6.07, 6.45) is 5.09. The van der Waals surface area contributed by atoms with E-state index < -0.39 is 0 Å². The average Bonchev–Trinajstić information content (AvgIpc) is 2.66. The monoisotopic (exact) mass is 209 g/mol. The quantitative estimate of drug-likeness (QED) is 0.807. The number of hydrogen-bond donors (Lipinski definition) is 1. The van der Waals surface area contributed by atoms with E-state index in [1.165, 1.54) is 12.1 Å². The van der Waals surface area contributed by atoms with Gasteiger partial charge in [0, 0.05) is 12.7 Å². The van der Waals surface area contributed by atoms with Gasteiger partial charge in [0.1, 0.15) is 0 Å². The molecule has 0 radical (unpaired) electrons. The number of aromatic nitrogens is 2. The van der Waals surface area contributed by atoms with Gasteiger partial charge in [-0.15, -0.1) is 0 Å². The van der Waals surface area contributed by atoms with Crippen LogP contribution in [0.2, 0.25) is 0 Å². The van der Waals surface area contributed by atoms with Crippen molar-refractivity contribution in [1.29, 1.82) is 0 Å². The Hall–Kier alpha value is -0.830. The molecule has 1 atom stereocenters. The second kappa shape index (κ2) is 4.79. The molecule has 0 fully saturated rings. The van der Waals surface area contributed by atoms with Crippen LogP contribution in [0.15, 0.2) is 12.5 Å². The highest BCUT2D eigenvalue weighted by Gasteiger charge is 2.22. The Morgan fingerprint density at radius 1 is 1.53 bits per heavy atom. The van der Waals surface area contributed by atoms with Crippen LogP contribution in [0.3, 0.4) is 0 Å². The van der Waals surface area contributed by atoms with Crippen LogP contribution in [0.1, 0.15) is 39.8 Å². The maximum Gasteiger partial charge on any atom is 0.0948 e. The van der Waals surface area contributed by atoms with Crippen molar-refractivity contribution in [2.75, 3.05) is 7.05 Å². The van der Waals surface area contributed by atoms with Crippen molar-refractivity contribution < 1.29 is 0 Å². The first-order valence-corrected chi connectivity index (χ1v) is 5.70. The Morgan fingerprint density at radius 3 is 2.73 bits per heavy atom. The fourth-order valence-corrected chi connectivity index (χ4v) is 1.58. The molecule has 0 saturated carbocycles. The first kappa shape index (κ1) is 12.2. The molecule has 1 unspecified atom stereocenters. The average molecular weight is 209 g/mol. The van der Waals surface area contributed by atoms with Crippen LogP contribution in [-0.4, -0.2) is 16.6 Å². The topological polar surface area (TPSA) is 29.9 Å². The zero-order chi connectivity index (χ0) is 11.5. The predicted octanol–water partition coefficient (Wildman–Crippen LogP) is 2.38. The Kier molecular flexibility index (Phi) is 3.91. The van der Waals surface area contributed by atoms with Crippen molar-refractivity contribution in [2.24, 2.45) is 5.92 Å². The molecular formula is C12H23N3. The molecule has 1 heterocycles.